The van der Waals surface area contributed by atoms with Crippen LogP contribution in [0.2, 0.25) is 0 Å². The summed E-state index contributed by atoms with van der Waals surface area (Å²) < 4.78 is 5.11. The third-order valence-corrected chi connectivity index (χ3v) is 2.86. The zero-order valence-electron chi connectivity index (χ0n) is 13.0. The number of aryl methyl sites for hydroxylation is 1. The number of anilines is 1. The lowest BCUT2D eigenvalue weighted by molar-refractivity contribution is 0.0820. The molecule has 0 aliphatic rings. The molecule has 0 fully saturated rings. The van der Waals surface area contributed by atoms with E-state index in [0.717, 1.165) is 18.5 Å². The van der Waals surface area contributed by atoms with Gasteiger partial charge in [0.05, 0.1) is 12.1 Å². The minimum atomic E-state index is -0.403. The number of ether oxygens (including phenoxy) is 1. The first kappa shape index (κ1) is 16.4. The van der Waals surface area contributed by atoms with Gasteiger partial charge in [0.2, 0.25) is 0 Å². The normalized spacial score (nSPS) is 11.2. The van der Waals surface area contributed by atoms with Crippen molar-refractivity contribution in [3.8, 4) is 0 Å². The molecule has 20 heavy (non-hydrogen) atoms. The number of nitrogens with one attached hydrogen (secondary N) is 2. The van der Waals surface area contributed by atoms with Gasteiger partial charge in [-0.05, 0) is 32.4 Å². The van der Waals surface area contributed by atoms with E-state index >= 15 is 0 Å². The molecule has 2 N–H and O–H groups in total. The highest BCUT2D eigenvalue weighted by atomic mass is 16.5. The van der Waals surface area contributed by atoms with Crippen LogP contribution >= 0.6 is 0 Å². The van der Waals surface area contributed by atoms with E-state index in [0.29, 0.717) is 18.0 Å². The standard InChI is InChI=1S/C15H25N3O2/c1-6-7-12-8-11(9-13(16-4)17-12)14(19)18-15(2,3)10-20-5/h8-9H,6-7,10H2,1-5H3,(H,16,17)(H,18,19). The van der Waals surface area contributed by atoms with Crippen LogP contribution in [0, 0.1) is 0 Å². The number of hydrogen-bond acceptors (Lipinski definition) is 4. The first-order valence-corrected chi connectivity index (χ1v) is 6.92. The van der Waals surface area contributed by atoms with Gasteiger partial charge in [0.25, 0.3) is 5.91 Å². The molecule has 1 aromatic heterocycles. The lowest BCUT2D eigenvalue weighted by Crippen LogP contribution is -2.46. The van der Waals surface area contributed by atoms with Crippen molar-refractivity contribution in [3.63, 3.8) is 0 Å². The van der Waals surface area contributed by atoms with E-state index in [1.165, 1.54) is 0 Å². The molecule has 0 saturated heterocycles. The second kappa shape index (κ2) is 7.24. The van der Waals surface area contributed by atoms with Crippen LogP contribution in [0.1, 0.15) is 43.2 Å². The summed E-state index contributed by atoms with van der Waals surface area (Å²) >= 11 is 0. The quantitative estimate of drug-likeness (QED) is 0.803. The van der Waals surface area contributed by atoms with Gasteiger partial charge in [-0.1, -0.05) is 13.3 Å². The number of amides is 1. The van der Waals surface area contributed by atoms with E-state index in [9.17, 15) is 4.79 Å². The SMILES string of the molecule is CCCc1cc(C(=O)NC(C)(C)COC)cc(NC)n1. The van der Waals surface area contributed by atoms with Gasteiger partial charge in [-0.15, -0.1) is 0 Å². The average molecular weight is 279 g/mol. The van der Waals surface area contributed by atoms with E-state index in [4.69, 9.17) is 4.74 Å². The van der Waals surface area contributed by atoms with Gasteiger partial charge in [-0.25, -0.2) is 4.98 Å². The third kappa shape index (κ3) is 4.81. The molecule has 0 aliphatic carbocycles. The van der Waals surface area contributed by atoms with Crippen LogP contribution in [0.15, 0.2) is 12.1 Å². The molecule has 0 bridgehead atoms. The predicted molar refractivity (Wildman–Crippen MR) is 81.2 cm³/mol. The summed E-state index contributed by atoms with van der Waals surface area (Å²) in [4.78, 5) is 16.8. The molecule has 5 heteroatoms. The fourth-order valence-electron chi connectivity index (χ4n) is 2.01. The van der Waals surface area contributed by atoms with Crippen molar-refractivity contribution in [3.05, 3.63) is 23.4 Å². The number of pyridine rings is 1. The molecule has 5 nitrogen and oxygen atoms in total. The van der Waals surface area contributed by atoms with Crippen LogP contribution in [0.5, 0.6) is 0 Å². The minimum Gasteiger partial charge on any atom is -0.382 e. The van der Waals surface area contributed by atoms with E-state index in [1.807, 2.05) is 19.9 Å². The Hall–Kier alpha value is -1.62. The van der Waals surface area contributed by atoms with Crippen molar-refractivity contribution in [2.24, 2.45) is 0 Å². The van der Waals surface area contributed by atoms with Gasteiger partial charge >= 0.3 is 0 Å². The molecule has 1 aromatic rings. The number of rotatable bonds is 7. The number of carbonyl (C=O) groups excluding carboxylic acids is 1. The fourth-order valence-corrected chi connectivity index (χ4v) is 2.01. The molecule has 0 radical (unpaired) electrons. The van der Waals surface area contributed by atoms with Crippen molar-refractivity contribution in [2.75, 3.05) is 26.1 Å². The van der Waals surface area contributed by atoms with Crippen LogP contribution in [0.3, 0.4) is 0 Å². The van der Waals surface area contributed by atoms with Crippen LogP contribution in [-0.4, -0.2) is 37.2 Å². The smallest absolute Gasteiger partial charge is 0.251 e. The van der Waals surface area contributed by atoms with E-state index in [1.54, 1.807) is 20.2 Å². The summed E-state index contributed by atoms with van der Waals surface area (Å²) in [7, 11) is 3.42. The molecule has 1 rings (SSSR count). The molecule has 0 aromatic carbocycles. The molecule has 0 saturated carbocycles. The van der Waals surface area contributed by atoms with E-state index in [-0.39, 0.29) is 5.91 Å². The fraction of sp³-hybridized carbons (Fsp3) is 0.600. The highest BCUT2D eigenvalue weighted by molar-refractivity contribution is 5.95. The summed E-state index contributed by atoms with van der Waals surface area (Å²) in [6.07, 6.45) is 1.85. The number of aromatic nitrogens is 1. The Labute approximate surface area is 121 Å². The first-order valence-electron chi connectivity index (χ1n) is 6.92. The molecule has 1 amide bonds. The molecular formula is C15H25N3O2. The number of nitrogens with zero attached hydrogens (tertiary/aromatic N) is 1. The number of methoxy groups -OCH3 is 1. The summed E-state index contributed by atoms with van der Waals surface area (Å²) in [5.41, 5.74) is 1.14. The van der Waals surface area contributed by atoms with Crippen molar-refractivity contribution in [1.82, 2.24) is 10.3 Å². The molecule has 0 aliphatic heterocycles. The monoisotopic (exact) mass is 279 g/mol. The maximum atomic E-state index is 12.3. The lowest BCUT2D eigenvalue weighted by atomic mass is 10.1. The average Bonchev–Trinajstić information content (AvgIpc) is 2.38. The van der Waals surface area contributed by atoms with Crippen molar-refractivity contribution in [2.45, 2.75) is 39.2 Å². The number of carbonyl (C=O) groups is 1. The van der Waals surface area contributed by atoms with Gasteiger partial charge in [0, 0.05) is 25.4 Å². The van der Waals surface area contributed by atoms with Crippen LogP contribution in [0.25, 0.3) is 0 Å². The second-order valence-corrected chi connectivity index (χ2v) is 5.50. The molecule has 1 heterocycles. The summed E-state index contributed by atoms with van der Waals surface area (Å²) in [6, 6.07) is 3.61. The highest BCUT2D eigenvalue weighted by Gasteiger charge is 2.21. The third-order valence-electron chi connectivity index (χ3n) is 2.86. The maximum absolute atomic E-state index is 12.3. The Kier molecular flexibility index (Phi) is 5.95. The zero-order chi connectivity index (χ0) is 15.2. The Balaban J connectivity index is 2.94. The molecule has 0 unspecified atom stereocenters. The summed E-state index contributed by atoms with van der Waals surface area (Å²) in [5, 5.41) is 5.97. The summed E-state index contributed by atoms with van der Waals surface area (Å²) in [6.45, 7) is 6.42. The van der Waals surface area contributed by atoms with Gasteiger partial charge in [0.1, 0.15) is 5.82 Å². The Morgan fingerprint density at radius 3 is 2.65 bits per heavy atom. The van der Waals surface area contributed by atoms with Crippen LogP contribution in [-0.2, 0) is 11.2 Å². The molecular weight excluding hydrogens is 254 g/mol. The lowest BCUT2D eigenvalue weighted by Gasteiger charge is -2.25. The maximum Gasteiger partial charge on any atom is 0.251 e. The highest BCUT2D eigenvalue weighted by Crippen LogP contribution is 2.13. The topological polar surface area (TPSA) is 63.2 Å². The van der Waals surface area contributed by atoms with Gasteiger partial charge < -0.3 is 15.4 Å². The van der Waals surface area contributed by atoms with Crippen molar-refractivity contribution in [1.29, 1.82) is 0 Å². The van der Waals surface area contributed by atoms with Crippen molar-refractivity contribution >= 4 is 11.7 Å². The van der Waals surface area contributed by atoms with Gasteiger partial charge in [-0.3, -0.25) is 4.79 Å². The molecule has 0 spiro atoms. The first-order chi connectivity index (χ1) is 9.41. The predicted octanol–water partition coefficient (Wildman–Crippen LogP) is 2.23. The van der Waals surface area contributed by atoms with E-state index < -0.39 is 5.54 Å². The Morgan fingerprint density at radius 1 is 1.40 bits per heavy atom. The second-order valence-electron chi connectivity index (χ2n) is 5.50. The van der Waals surface area contributed by atoms with Gasteiger partial charge in [0.15, 0.2) is 0 Å². The Bertz CT molecular complexity index is 458. The number of hydrogen-bond donors (Lipinski definition) is 2. The van der Waals surface area contributed by atoms with Gasteiger partial charge in [-0.2, -0.15) is 0 Å². The molecule has 112 valence electrons. The van der Waals surface area contributed by atoms with Crippen LogP contribution < -0.4 is 10.6 Å². The van der Waals surface area contributed by atoms with Crippen molar-refractivity contribution < 1.29 is 9.53 Å². The zero-order valence-corrected chi connectivity index (χ0v) is 13.0. The summed E-state index contributed by atoms with van der Waals surface area (Å²) in [5.74, 6) is 0.606. The Morgan fingerprint density at radius 2 is 2.10 bits per heavy atom. The largest absolute Gasteiger partial charge is 0.382 e. The van der Waals surface area contributed by atoms with E-state index in [2.05, 4.69) is 22.5 Å². The van der Waals surface area contributed by atoms with Crippen LogP contribution in [0.4, 0.5) is 5.82 Å². The molecule has 0 atom stereocenters. The minimum absolute atomic E-state index is 0.108.